The Hall–Kier alpha value is -4.11. The van der Waals surface area contributed by atoms with Gasteiger partial charge < -0.3 is 14.2 Å². The summed E-state index contributed by atoms with van der Waals surface area (Å²) in [4.78, 5) is 39.3. The molecule has 0 spiro atoms. The Kier molecular flexibility index (Phi) is 7.70. The first-order valence-corrected chi connectivity index (χ1v) is 11.9. The number of benzene rings is 3. The molecular weight excluding hydrogens is 528 g/mol. The summed E-state index contributed by atoms with van der Waals surface area (Å²) < 4.78 is 17.6. The van der Waals surface area contributed by atoms with Crippen LogP contribution in [0.4, 0.5) is 10.5 Å². The first kappa shape index (κ1) is 25.0. The van der Waals surface area contributed by atoms with E-state index >= 15 is 0 Å². The second-order valence-corrected chi connectivity index (χ2v) is 8.62. The van der Waals surface area contributed by atoms with Gasteiger partial charge in [0.1, 0.15) is 29.4 Å². The zero-order chi connectivity index (χ0) is 25.7. The summed E-state index contributed by atoms with van der Waals surface area (Å²) in [7, 11) is 1.53. The van der Waals surface area contributed by atoms with Crippen LogP contribution in [0.5, 0.6) is 17.2 Å². The normalized spacial score (nSPS) is 14.6. The SMILES string of the molecule is CCOc1cc(OC)ccc1/C=C1\C(=O)NC(=O)N(c2ccc(OCc3ccc(Br)cc3)cc2)C1=O. The maximum absolute atomic E-state index is 13.2. The number of hydrogen-bond acceptors (Lipinski definition) is 6. The van der Waals surface area contributed by atoms with Gasteiger partial charge in [0.15, 0.2) is 0 Å². The first-order chi connectivity index (χ1) is 17.4. The number of anilines is 1. The van der Waals surface area contributed by atoms with Crippen LogP contribution in [0.25, 0.3) is 6.08 Å². The van der Waals surface area contributed by atoms with E-state index in [2.05, 4.69) is 21.2 Å². The Morgan fingerprint density at radius 2 is 1.61 bits per heavy atom. The Labute approximate surface area is 216 Å². The molecule has 1 fully saturated rings. The van der Waals surface area contributed by atoms with Crippen LogP contribution in [0.2, 0.25) is 0 Å². The summed E-state index contributed by atoms with van der Waals surface area (Å²) in [5.41, 5.74) is 1.59. The van der Waals surface area contributed by atoms with E-state index in [1.807, 2.05) is 31.2 Å². The average Bonchev–Trinajstić information content (AvgIpc) is 2.87. The number of nitrogens with zero attached hydrogens (tertiary/aromatic N) is 1. The highest BCUT2D eigenvalue weighted by molar-refractivity contribution is 9.10. The monoisotopic (exact) mass is 550 g/mol. The molecule has 0 saturated carbocycles. The van der Waals surface area contributed by atoms with Crippen LogP contribution >= 0.6 is 15.9 Å². The quantitative estimate of drug-likeness (QED) is 0.309. The number of imide groups is 2. The van der Waals surface area contributed by atoms with E-state index in [-0.39, 0.29) is 5.57 Å². The number of amides is 4. The fourth-order valence-electron chi connectivity index (χ4n) is 3.53. The highest BCUT2D eigenvalue weighted by Crippen LogP contribution is 2.29. The van der Waals surface area contributed by atoms with Gasteiger partial charge in [-0.15, -0.1) is 0 Å². The maximum Gasteiger partial charge on any atom is 0.335 e. The van der Waals surface area contributed by atoms with Crippen molar-refractivity contribution in [3.8, 4) is 17.2 Å². The minimum absolute atomic E-state index is 0.198. The van der Waals surface area contributed by atoms with Crippen molar-refractivity contribution in [2.24, 2.45) is 0 Å². The number of carbonyl (C=O) groups is 3. The number of hydrogen-bond donors (Lipinski definition) is 1. The summed E-state index contributed by atoms with van der Waals surface area (Å²) in [5.74, 6) is 0.0532. The highest BCUT2D eigenvalue weighted by atomic mass is 79.9. The van der Waals surface area contributed by atoms with Gasteiger partial charge in [-0.1, -0.05) is 28.1 Å². The van der Waals surface area contributed by atoms with Crippen molar-refractivity contribution in [1.82, 2.24) is 5.32 Å². The molecule has 0 atom stereocenters. The molecule has 3 aromatic carbocycles. The van der Waals surface area contributed by atoms with Crippen LogP contribution in [0.15, 0.2) is 76.8 Å². The van der Waals surface area contributed by atoms with Gasteiger partial charge in [0, 0.05) is 16.1 Å². The summed E-state index contributed by atoms with van der Waals surface area (Å²) in [6, 6.07) is 18.4. The topological polar surface area (TPSA) is 94.2 Å². The molecule has 1 aliphatic rings. The van der Waals surface area contributed by atoms with Crippen molar-refractivity contribution in [2.45, 2.75) is 13.5 Å². The zero-order valence-electron chi connectivity index (χ0n) is 19.6. The molecular formula is C27H23BrN2O6. The summed E-state index contributed by atoms with van der Waals surface area (Å²) in [6.07, 6.45) is 1.40. The zero-order valence-corrected chi connectivity index (χ0v) is 21.2. The minimum atomic E-state index is -0.828. The van der Waals surface area contributed by atoms with Crippen LogP contribution in [-0.2, 0) is 16.2 Å². The van der Waals surface area contributed by atoms with Gasteiger partial charge in [0.05, 0.1) is 19.4 Å². The van der Waals surface area contributed by atoms with Crippen molar-refractivity contribution in [2.75, 3.05) is 18.6 Å². The number of nitrogens with one attached hydrogen (secondary N) is 1. The predicted octanol–water partition coefficient (Wildman–Crippen LogP) is 5.10. The molecule has 36 heavy (non-hydrogen) atoms. The highest BCUT2D eigenvalue weighted by Gasteiger charge is 2.37. The Balaban J connectivity index is 1.56. The lowest BCUT2D eigenvalue weighted by molar-refractivity contribution is -0.122. The van der Waals surface area contributed by atoms with E-state index < -0.39 is 17.8 Å². The standard InChI is InChI=1S/C27H23BrN2O6/c1-3-35-24-15-22(34-2)11-6-18(24)14-23-25(31)29-27(33)30(26(23)32)20-9-12-21(13-10-20)36-16-17-4-7-19(28)8-5-17/h4-15H,3,16H2,1-2H3,(H,29,31,33)/b23-14+. The fraction of sp³-hybridized carbons (Fsp3) is 0.148. The third-order valence-corrected chi connectivity index (χ3v) is 5.86. The molecule has 4 amide bonds. The van der Waals surface area contributed by atoms with Gasteiger partial charge in [-0.05, 0) is 67.1 Å². The molecule has 1 saturated heterocycles. The molecule has 0 aromatic heterocycles. The van der Waals surface area contributed by atoms with Gasteiger partial charge in [-0.25, -0.2) is 9.69 Å². The number of halogens is 1. The Morgan fingerprint density at radius 1 is 0.917 bits per heavy atom. The Morgan fingerprint density at radius 3 is 2.28 bits per heavy atom. The fourth-order valence-corrected chi connectivity index (χ4v) is 3.79. The van der Waals surface area contributed by atoms with E-state index in [0.29, 0.717) is 41.7 Å². The first-order valence-electron chi connectivity index (χ1n) is 11.1. The van der Waals surface area contributed by atoms with Gasteiger partial charge in [-0.3, -0.25) is 14.9 Å². The molecule has 0 unspecified atom stereocenters. The Bertz CT molecular complexity index is 1320. The molecule has 1 N–H and O–H groups in total. The van der Waals surface area contributed by atoms with E-state index in [9.17, 15) is 14.4 Å². The van der Waals surface area contributed by atoms with Crippen LogP contribution < -0.4 is 24.4 Å². The van der Waals surface area contributed by atoms with Crippen LogP contribution in [0.1, 0.15) is 18.1 Å². The predicted molar refractivity (Wildman–Crippen MR) is 138 cm³/mol. The van der Waals surface area contributed by atoms with Gasteiger partial charge in [0.2, 0.25) is 0 Å². The van der Waals surface area contributed by atoms with E-state index in [1.54, 1.807) is 42.5 Å². The smallest absolute Gasteiger partial charge is 0.335 e. The summed E-state index contributed by atoms with van der Waals surface area (Å²) >= 11 is 3.40. The van der Waals surface area contributed by atoms with E-state index in [4.69, 9.17) is 14.2 Å². The second-order valence-electron chi connectivity index (χ2n) is 7.70. The summed E-state index contributed by atoms with van der Waals surface area (Å²) in [6.45, 7) is 2.56. The molecule has 184 valence electrons. The van der Waals surface area contributed by atoms with Crippen molar-refractivity contribution in [1.29, 1.82) is 0 Å². The van der Waals surface area contributed by atoms with Crippen LogP contribution in [0.3, 0.4) is 0 Å². The van der Waals surface area contributed by atoms with Gasteiger partial charge >= 0.3 is 6.03 Å². The van der Waals surface area contributed by atoms with Gasteiger partial charge in [-0.2, -0.15) is 0 Å². The number of barbiturate groups is 1. The van der Waals surface area contributed by atoms with Gasteiger partial charge in [0.25, 0.3) is 11.8 Å². The summed E-state index contributed by atoms with van der Waals surface area (Å²) in [5, 5.41) is 2.23. The minimum Gasteiger partial charge on any atom is -0.497 e. The third kappa shape index (κ3) is 5.58. The molecule has 4 rings (SSSR count). The molecule has 0 aliphatic carbocycles. The molecule has 0 bridgehead atoms. The molecule has 8 nitrogen and oxygen atoms in total. The van der Waals surface area contributed by atoms with Crippen LogP contribution in [-0.4, -0.2) is 31.6 Å². The second kappa shape index (κ2) is 11.1. The molecule has 1 heterocycles. The average molecular weight is 551 g/mol. The molecule has 1 aliphatic heterocycles. The number of rotatable bonds is 8. The van der Waals surface area contributed by atoms with Crippen LogP contribution in [0, 0.1) is 0 Å². The third-order valence-electron chi connectivity index (χ3n) is 5.34. The molecule has 0 radical (unpaired) electrons. The number of methoxy groups -OCH3 is 1. The van der Waals surface area contributed by atoms with Crippen molar-refractivity contribution >= 4 is 45.5 Å². The van der Waals surface area contributed by atoms with Crippen molar-refractivity contribution in [3.63, 3.8) is 0 Å². The maximum atomic E-state index is 13.2. The van der Waals surface area contributed by atoms with E-state index in [1.165, 1.54) is 13.2 Å². The number of urea groups is 1. The number of carbonyl (C=O) groups excluding carboxylic acids is 3. The molecule has 3 aromatic rings. The number of ether oxygens (including phenoxy) is 3. The van der Waals surface area contributed by atoms with Crippen molar-refractivity contribution in [3.05, 3.63) is 87.9 Å². The molecule has 9 heteroatoms. The van der Waals surface area contributed by atoms with E-state index in [0.717, 1.165) is 14.9 Å². The van der Waals surface area contributed by atoms with Crippen molar-refractivity contribution < 1.29 is 28.6 Å². The lowest BCUT2D eigenvalue weighted by Gasteiger charge is -2.26. The lowest BCUT2D eigenvalue weighted by Crippen LogP contribution is -2.54. The lowest BCUT2D eigenvalue weighted by atomic mass is 10.1. The largest absolute Gasteiger partial charge is 0.497 e.